The van der Waals surface area contributed by atoms with E-state index in [-0.39, 0.29) is 11.7 Å². The molecule has 0 saturated carbocycles. The molecule has 3 heterocycles. The lowest BCUT2D eigenvalue weighted by Gasteiger charge is -2.31. The zero-order chi connectivity index (χ0) is 16.7. The Bertz CT molecular complexity index is 930. The average molecular weight is 323 g/mol. The monoisotopic (exact) mass is 323 g/mol. The number of hydrogen-bond acceptors (Lipinski definition) is 6. The van der Waals surface area contributed by atoms with Crippen molar-refractivity contribution in [2.45, 2.75) is 6.42 Å². The van der Waals surface area contributed by atoms with E-state index in [0.29, 0.717) is 22.3 Å². The van der Waals surface area contributed by atoms with Crippen LogP contribution in [-0.2, 0) is 0 Å². The lowest BCUT2D eigenvalue weighted by molar-refractivity contribution is 0.0947. The number of carbonyl (C=O) groups excluding carboxylic acids is 1. The van der Waals surface area contributed by atoms with Crippen LogP contribution in [0.2, 0.25) is 0 Å². The van der Waals surface area contributed by atoms with E-state index in [1.54, 1.807) is 18.2 Å². The van der Waals surface area contributed by atoms with Crippen molar-refractivity contribution < 1.29 is 9.53 Å². The van der Waals surface area contributed by atoms with Crippen molar-refractivity contribution in [3.05, 3.63) is 42.0 Å². The molecule has 122 valence electrons. The molecule has 0 aliphatic carbocycles. The first-order valence-corrected chi connectivity index (χ1v) is 7.77. The number of ether oxygens (including phenoxy) is 1. The Morgan fingerprint density at radius 2 is 2.00 bits per heavy atom. The molecule has 0 atom stereocenters. The van der Waals surface area contributed by atoms with Gasteiger partial charge in [0, 0.05) is 13.1 Å². The summed E-state index contributed by atoms with van der Waals surface area (Å²) in [6.07, 6.45) is 1.15. The Morgan fingerprint density at radius 1 is 1.21 bits per heavy atom. The number of hydrogen-bond donors (Lipinski definition) is 1. The lowest BCUT2D eigenvalue weighted by atomic mass is 10.2. The molecule has 0 unspecified atom stereocenters. The molecular weight excluding hydrogens is 306 g/mol. The van der Waals surface area contributed by atoms with Gasteiger partial charge in [-0.05, 0) is 30.7 Å². The second-order valence-electron chi connectivity index (χ2n) is 5.68. The molecule has 7 heteroatoms. The van der Waals surface area contributed by atoms with Gasteiger partial charge in [-0.2, -0.15) is 4.68 Å². The van der Waals surface area contributed by atoms with E-state index in [4.69, 9.17) is 10.5 Å². The van der Waals surface area contributed by atoms with Gasteiger partial charge in [0.25, 0.3) is 5.91 Å². The molecule has 3 aromatic rings. The molecule has 1 aliphatic rings. The lowest BCUT2D eigenvalue weighted by Crippen LogP contribution is -2.37. The van der Waals surface area contributed by atoms with Crippen LogP contribution in [0.1, 0.15) is 16.8 Å². The van der Waals surface area contributed by atoms with Gasteiger partial charge >= 0.3 is 0 Å². The summed E-state index contributed by atoms with van der Waals surface area (Å²) in [6, 6.07) is 10.8. The topological polar surface area (TPSA) is 86.3 Å². The molecule has 1 aromatic carbocycles. The van der Waals surface area contributed by atoms with Gasteiger partial charge in [-0.25, -0.2) is 4.98 Å². The Labute approximate surface area is 138 Å². The highest BCUT2D eigenvalue weighted by Crippen LogP contribution is 2.27. The van der Waals surface area contributed by atoms with Crippen molar-refractivity contribution >= 4 is 28.6 Å². The second kappa shape index (κ2) is 5.52. The molecule has 4 rings (SSSR count). The quantitative estimate of drug-likeness (QED) is 0.792. The van der Waals surface area contributed by atoms with Crippen LogP contribution in [0.3, 0.4) is 0 Å². The number of fused-ring (bicyclic) bond motifs is 1. The molecule has 0 amide bonds. The third-order valence-electron chi connectivity index (χ3n) is 4.25. The molecule has 1 saturated heterocycles. The molecule has 0 radical (unpaired) electrons. The Kier molecular flexibility index (Phi) is 3.34. The number of pyridine rings is 1. The molecular formula is C17H17N5O2. The number of aromatic nitrogens is 3. The predicted molar refractivity (Wildman–Crippen MR) is 91.5 cm³/mol. The maximum atomic E-state index is 12.9. The van der Waals surface area contributed by atoms with E-state index in [9.17, 15) is 4.79 Å². The second-order valence-corrected chi connectivity index (χ2v) is 5.68. The Morgan fingerprint density at radius 3 is 2.71 bits per heavy atom. The van der Waals surface area contributed by atoms with Crippen LogP contribution in [-0.4, -0.2) is 40.9 Å². The maximum Gasteiger partial charge on any atom is 0.283 e. The number of carbonyl (C=O) groups is 1. The highest BCUT2D eigenvalue weighted by molar-refractivity contribution is 6.04. The minimum atomic E-state index is -0.317. The van der Waals surface area contributed by atoms with Crippen molar-refractivity contribution in [2.75, 3.05) is 30.8 Å². The SMILES string of the molecule is COc1ccccc1C(=O)n1nc(N)c2ccc(N3CCC3)nc21. The number of anilines is 2. The van der Waals surface area contributed by atoms with Crippen molar-refractivity contribution in [3.8, 4) is 5.75 Å². The summed E-state index contributed by atoms with van der Waals surface area (Å²) in [4.78, 5) is 19.7. The summed E-state index contributed by atoms with van der Waals surface area (Å²) in [7, 11) is 1.53. The van der Waals surface area contributed by atoms with Crippen molar-refractivity contribution in [3.63, 3.8) is 0 Å². The molecule has 7 nitrogen and oxygen atoms in total. The average Bonchev–Trinajstić information content (AvgIpc) is 2.89. The number of nitrogens with two attached hydrogens (primary N) is 1. The summed E-state index contributed by atoms with van der Waals surface area (Å²) >= 11 is 0. The van der Waals surface area contributed by atoms with Gasteiger partial charge in [-0.15, -0.1) is 5.10 Å². The van der Waals surface area contributed by atoms with E-state index in [1.165, 1.54) is 11.8 Å². The van der Waals surface area contributed by atoms with Crippen LogP contribution in [0.15, 0.2) is 36.4 Å². The first kappa shape index (κ1) is 14.5. The van der Waals surface area contributed by atoms with Crippen molar-refractivity contribution in [1.29, 1.82) is 0 Å². The third kappa shape index (κ3) is 2.17. The molecule has 2 aromatic heterocycles. The standard InChI is InChI=1S/C17H17N5O2/c1-24-13-6-3-2-5-11(13)17(23)22-16-12(15(18)20-22)7-8-14(19-16)21-9-4-10-21/h2-3,5-8H,4,9-10H2,1H3,(H2,18,20). The van der Waals surface area contributed by atoms with E-state index in [0.717, 1.165) is 25.3 Å². The third-order valence-corrected chi connectivity index (χ3v) is 4.25. The summed E-state index contributed by atoms with van der Waals surface area (Å²) in [5.41, 5.74) is 6.85. The van der Waals surface area contributed by atoms with Gasteiger partial charge in [0.05, 0.1) is 18.1 Å². The summed E-state index contributed by atoms with van der Waals surface area (Å²) in [6.45, 7) is 1.95. The van der Waals surface area contributed by atoms with Crippen LogP contribution in [0.25, 0.3) is 11.0 Å². The maximum absolute atomic E-state index is 12.9. The highest BCUT2D eigenvalue weighted by atomic mass is 16.5. The van der Waals surface area contributed by atoms with Gasteiger partial charge < -0.3 is 15.4 Å². The van der Waals surface area contributed by atoms with E-state index in [2.05, 4.69) is 15.0 Å². The number of benzene rings is 1. The highest BCUT2D eigenvalue weighted by Gasteiger charge is 2.22. The molecule has 0 spiro atoms. The molecule has 0 bridgehead atoms. The van der Waals surface area contributed by atoms with Gasteiger partial charge in [0.1, 0.15) is 11.6 Å². The van der Waals surface area contributed by atoms with Gasteiger partial charge in [-0.1, -0.05) is 12.1 Å². The van der Waals surface area contributed by atoms with Crippen LogP contribution in [0, 0.1) is 0 Å². The fraction of sp³-hybridized carbons (Fsp3) is 0.235. The molecule has 2 N–H and O–H groups in total. The normalized spacial score (nSPS) is 13.8. The summed E-state index contributed by atoms with van der Waals surface area (Å²) < 4.78 is 6.53. The summed E-state index contributed by atoms with van der Waals surface area (Å²) in [5, 5.41) is 4.86. The first-order chi connectivity index (χ1) is 11.7. The molecule has 24 heavy (non-hydrogen) atoms. The zero-order valence-corrected chi connectivity index (χ0v) is 13.3. The summed E-state index contributed by atoms with van der Waals surface area (Å²) in [5.74, 6) is 1.30. The van der Waals surface area contributed by atoms with E-state index in [1.807, 2.05) is 18.2 Å². The van der Waals surface area contributed by atoms with Crippen LogP contribution < -0.4 is 15.4 Å². The largest absolute Gasteiger partial charge is 0.496 e. The fourth-order valence-electron chi connectivity index (χ4n) is 2.81. The number of nitrogen functional groups attached to an aromatic ring is 1. The fourth-order valence-corrected chi connectivity index (χ4v) is 2.81. The number of rotatable bonds is 3. The van der Waals surface area contributed by atoms with Gasteiger partial charge in [0.2, 0.25) is 0 Å². The smallest absolute Gasteiger partial charge is 0.283 e. The van der Waals surface area contributed by atoms with Crippen LogP contribution >= 0.6 is 0 Å². The molecule has 1 fully saturated rings. The Hall–Kier alpha value is -3.09. The van der Waals surface area contributed by atoms with Crippen LogP contribution in [0.5, 0.6) is 5.75 Å². The first-order valence-electron chi connectivity index (χ1n) is 7.77. The molecule has 1 aliphatic heterocycles. The zero-order valence-electron chi connectivity index (χ0n) is 13.3. The van der Waals surface area contributed by atoms with E-state index >= 15 is 0 Å². The number of para-hydroxylation sites is 1. The van der Waals surface area contributed by atoms with Gasteiger partial charge in [-0.3, -0.25) is 4.79 Å². The van der Waals surface area contributed by atoms with E-state index < -0.39 is 0 Å². The van der Waals surface area contributed by atoms with Crippen molar-refractivity contribution in [2.24, 2.45) is 0 Å². The minimum absolute atomic E-state index is 0.288. The van der Waals surface area contributed by atoms with Gasteiger partial charge in [0.15, 0.2) is 11.5 Å². The predicted octanol–water partition coefficient (Wildman–Crippen LogP) is 1.92. The van der Waals surface area contributed by atoms with Crippen LogP contribution in [0.4, 0.5) is 11.6 Å². The number of methoxy groups -OCH3 is 1. The minimum Gasteiger partial charge on any atom is -0.496 e. The van der Waals surface area contributed by atoms with Crippen molar-refractivity contribution in [1.82, 2.24) is 14.8 Å². The number of nitrogens with zero attached hydrogens (tertiary/aromatic N) is 4. The Balaban J connectivity index is 1.84.